The molecule has 0 spiro atoms. The van der Waals surface area contributed by atoms with E-state index >= 15 is 0 Å². The maximum absolute atomic E-state index is 12.8. The van der Waals surface area contributed by atoms with Crippen LogP contribution in [0.2, 0.25) is 0 Å². The van der Waals surface area contributed by atoms with Gasteiger partial charge in [0.1, 0.15) is 0 Å². The largest absolute Gasteiger partial charge is 0.481 e. The Kier molecular flexibility index (Phi) is 5.12. The maximum atomic E-state index is 12.8. The van der Waals surface area contributed by atoms with Crippen molar-refractivity contribution in [2.24, 2.45) is 0 Å². The summed E-state index contributed by atoms with van der Waals surface area (Å²) >= 11 is 0. The van der Waals surface area contributed by atoms with Crippen LogP contribution in [-0.2, 0) is 21.5 Å². The third kappa shape index (κ3) is 3.79. The highest BCUT2D eigenvalue weighted by Crippen LogP contribution is 2.31. The Morgan fingerprint density at radius 3 is 2.42 bits per heavy atom. The zero-order valence-corrected chi connectivity index (χ0v) is 15.3. The summed E-state index contributed by atoms with van der Waals surface area (Å²) in [4.78, 5) is 26.1. The van der Waals surface area contributed by atoms with E-state index in [4.69, 9.17) is 0 Å². The number of amides is 1. The third-order valence-corrected chi connectivity index (χ3v) is 5.36. The van der Waals surface area contributed by atoms with Crippen LogP contribution in [0, 0.1) is 0 Å². The smallest absolute Gasteiger partial charge is 0.312 e. The Morgan fingerprint density at radius 1 is 1.08 bits per heavy atom. The summed E-state index contributed by atoms with van der Waals surface area (Å²) in [5.74, 6) is -1.50. The van der Waals surface area contributed by atoms with Crippen molar-refractivity contribution in [2.45, 2.75) is 44.6 Å². The number of carbonyl (C=O) groups is 2. The number of nitrogens with zero attached hydrogens (tertiary/aromatic N) is 1. The maximum Gasteiger partial charge on any atom is 0.312 e. The van der Waals surface area contributed by atoms with Crippen LogP contribution in [0.3, 0.4) is 0 Å². The van der Waals surface area contributed by atoms with Crippen LogP contribution in [0.4, 0.5) is 0 Å². The average Bonchev–Trinajstić information content (AvgIpc) is 2.65. The molecule has 26 heavy (non-hydrogen) atoms. The van der Waals surface area contributed by atoms with Gasteiger partial charge in [-0.2, -0.15) is 0 Å². The molecule has 0 saturated heterocycles. The van der Waals surface area contributed by atoms with Crippen molar-refractivity contribution in [1.82, 2.24) is 4.90 Å². The van der Waals surface area contributed by atoms with Crippen LogP contribution in [-0.4, -0.2) is 28.4 Å². The summed E-state index contributed by atoms with van der Waals surface area (Å²) in [5, 5.41) is 9.55. The van der Waals surface area contributed by atoms with Crippen LogP contribution in [0.25, 0.3) is 0 Å². The van der Waals surface area contributed by atoms with Crippen molar-refractivity contribution >= 4 is 11.9 Å². The lowest BCUT2D eigenvalue weighted by atomic mass is 9.80. The predicted octanol–water partition coefficient (Wildman–Crippen LogP) is 3.96. The molecule has 1 heterocycles. The number of benzene rings is 2. The van der Waals surface area contributed by atoms with Crippen LogP contribution >= 0.6 is 0 Å². The zero-order chi connectivity index (χ0) is 18.7. The minimum Gasteiger partial charge on any atom is -0.481 e. The van der Waals surface area contributed by atoms with E-state index < -0.39 is 11.9 Å². The van der Waals surface area contributed by atoms with Gasteiger partial charge in [0, 0.05) is 19.5 Å². The average molecular weight is 351 g/mol. The van der Waals surface area contributed by atoms with Crippen molar-refractivity contribution in [3.8, 4) is 0 Å². The minimum absolute atomic E-state index is 0.0229. The number of aliphatic carboxylic acids is 1. The van der Waals surface area contributed by atoms with Crippen LogP contribution < -0.4 is 0 Å². The van der Waals surface area contributed by atoms with E-state index in [1.165, 1.54) is 5.56 Å². The summed E-state index contributed by atoms with van der Waals surface area (Å²) in [5.41, 5.74) is 2.87. The molecule has 1 aliphatic heterocycles. The number of carbonyl (C=O) groups excluding carboxylic acids is 1. The van der Waals surface area contributed by atoms with Gasteiger partial charge in [-0.1, -0.05) is 68.4 Å². The molecule has 1 amide bonds. The van der Waals surface area contributed by atoms with Crippen molar-refractivity contribution in [3.63, 3.8) is 0 Å². The van der Waals surface area contributed by atoms with E-state index in [0.717, 1.165) is 17.5 Å². The second-order valence-corrected chi connectivity index (χ2v) is 7.61. The van der Waals surface area contributed by atoms with Gasteiger partial charge in [-0.25, -0.2) is 0 Å². The van der Waals surface area contributed by atoms with Gasteiger partial charge in [0.2, 0.25) is 5.91 Å². The van der Waals surface area contributed by atoms with Crippen LogP contribution in [0.5, 0.6) is 0 Å². The summed E-state index contributed by atoms with van der Waals surface area (Å²) in [6.07, 6.45) is 1.14. The van der Waals surface area contributed by atoms with Crippen molar-refractivity contribution in [3.05, 3.63) is 71.3 Å². The van der Waals surface area contributed by atoms with E-state index in [-0.39, 0.29) is 17.9 Å². The van der Waals surface area contributed by atoms with Gasteiger partial charge in [0.15, 0.2) is 0 Å². The molecule has 2 aromatic carbocycles. The third-order valence-electron chi connectivity index (χ3n) is 5.36. The fourth-order valence-electron chi connectivity index (χ4n) is 3.62. The molecule has 1 aliphatic rings. The van der Waals surface area contributed by atoms with Crippen molar-refractivity contribution in [1.29, 1.82) is 0 Å². The first-order chi connectivity index (χ1) is 12.4. The Bertz CT molecular complexity index is 798. The minimum atomic E-state index is -0.875. The lowest BCUT2D eigenvalue weighted by Gasteiger charge is -2.34. The fraction of sp³-hybridized carbons (Fsp3) is 0.364. The van der Waals surface area contributed by atoms with E-state index in [1.807, 2.05) is 42.5 Å². The Morgan fingerprint density at radius 2 is 1.73 bits per heavy atom. The molecule has 1 N–H and O–H groups in total. The highest BCUT2D eigenvalue weighted by Gasteiger charge is 2.33. The van der Waals surface area contributed by atoms with E-state index in [9.17, 15) is 14.7 Å². The molecule has 1 atom stereocenters. The number of carboxylic acid groups (broad SMARTS) is 1. The SMILES string of the molecule is CC(C)(CCC(=O)N1Cc2ccccc2C(C(=O)O)C1)c1ccccc1. The molecular weight excluding hydrogens is 326 g/mol. The molecule has 0 fully saturated rings. The van der Waals surface area contributed by atoms with Gasteiger partial charge in [-0.3, -0.25) is 9.59 Å². The fourth-order valence-corrected chi connectivity index (χ4v) is 3.62. The monoisotopic (exact) mass is 351 g/mol. The molecule has 4 heteroatoms. The number of fused-ring (bicyclic) bond motifs is 1. The van der Waals surface area contributed by atoms with Gasteiger partial charge in [0.05, 0.1) is 5.92 Å². The lowest BCUT2D eigenvalue weighted by molar-refractivity contribution is -0.141. The van der Waals surface area contributed by atoms with E-state index in [1.54, 1.807) is 4.90 Å². The normalized spacial score (nSPS) is 16.8. The number of hydrogen-bond acceptors (Lipinski definition) is 2. The Hall–Kier alpha value is -2.62. The molecule has 0 aromatic heterocycles. The van der Waals surface area contributed by atoms with Crippen LogP contribution in [0.1, 0.15) is 49.3 Å². The van der Waals surface area contributed by atoms with Gasteiger partial charge >= 0.3 is 5.97 Å². The van der Waals surface area contributed by atoms with Crippen molar-refractivity contribution in [2.75, 3.05) is 6.54 Å². The first-order valence-corrected chi connectivity index (χ1v) is 9.02. The van der Waals surface area contributed by atoms with E-state index in [2.05, 4.69) is 26.0 Å². The number of rotatable bonds is 5. The molecule has 136 valence electrons. The summed E-state index contributed by atoms with van der Waals surface area (Å²) in [6, 6.07) is 17.7. The zero-order valence-electron chi connectivity index (χ0n) is 15.3. The molecule has 2 aromatic rings. The van der Waals surface area contributed by atoms with Gasteiger partial charge in [-0.15, -0.1) is 0 Å². The summed E-state index contributed by atoms with van der Waals surface area (Å²) < 4.78 is 0. The topological polar surface area (TPSA) is 57.6 Å². The number of carboxylic acids is 1. The first kappa shape index (κ1) is 18.2. The number of hydrogen-bond donors (Lipinski definition) is 1. The van der Waals surface area contributed by atoms with Gasteiger partial charge in [0.25, 0.3) is 0 Å². The predicted molar refractivity (Wildman–Crippen MR) is 101 cm³/mol. The molecule has 0 aliphatic carbocycles. The molecule has 3 rings (SSSR count). The van der Waals surface area contributed by atoms with Gasteiger partial charge in [-0.05, 0) is 28.5 Å². The Balaban J connectivity index is 1.70. The molecule has 0 saturated carbocycles. The quantitative estimate of drug-likeness (QED) is 0.887. The summed E-state index contributed by atoms with van der Waals surface area (Å²) in [6.45, 7) is 5.02. The second kappa shape index (κ2) is 7.32. The highest BCUT2D eigenvalue weighted by atomic mass is 16.4. The molecule has 0 radical (unpaired) electrons. The molecular formula is C22H25NO3. The van der Waals surface area contributed by atoms with Crippen LogP contribution in [0.15, 0.2) is 54.6 Å². The lowest BCUT2D eigenvalue weighted by Crippen LogP contribution is -2.41. The first-order valence-electron chi connectivity index (χ1n) is 9.02. The second-order valence-electron chi connectivity index (χ2n) is 7.61. The molecule has 4 nitrogen and oxygen atoms in total. The summed E-state index contributed by atoms with van der Waals surface area (Å²) in [7, 11) is 0. The molecule has 1 unspecified atom stereocenters. The van der Waals surface area contributed by atoms with E-state index in [0.29, 0.717) is 13.0 Å². The Labute approximate surface area is 154 Å². The highest BCUT2D eigenvalue weighted by molar-refractivity contribution is 5.81. The molecule has 0 bridgehead atoms. The standard InChI is InChI=1S/C22H25NO3/c1-22(2,17-9-4-3-5-10-17)13-12-20(24)23-14-16-8-6-7-11-18(16)19(15-23)21(25)26/h3-11,19H,12-15H2,1-2H3,(H,25,26). The van der Waals surface area contributed by atoms with Gasteiger partial charge < -0.3 is 10.0 Å². The van der Waals surface area contributed by atoms with Crippen molar-refractivity contribution < 1.29 is 14.7 Å².